The van der Waals surface area contributed by atoms with Gasteiger partial charge in [0.2, 0.25) is 17.7 Å². The minimum absolute atomic E-state index is 0.0805. The normalized spacial score (nSPS) is 10.6. The number of benzene rings is 2. The number of hydrogen-bond donors (Lipinski definition) is 1. The smallest absolute Gasteiger partial charge is 0.247 e. The summed E-state index contributed by atoms with van der Waals surface area (Å²) in [5, 5.41) is 10.8. The number of carbonyl (C=O) groups excluding carboxylic acids is 1. The van der Waals surface area contributed by atoms with Gasteiger partial charge in [0, 0.05) is 17.0 Å². The molecule has 3 aromatic rings. The van der Waals surface area contributed by atoms with Gasteiger partial charge >= 0.3 is 0 Å². The van der Waals surface area contributed by atoms with E-state index in [0.29, 0.717) is 29.8 Å². The predicted octanol–water partition coefficient (Wildman–Crippen LogP) is 4.23. The van der Waals surface area contributed by atoms with E-state index in [9.17, 15) is 4.79 Å². The summed E-state index contributed by atoms with van der Waals surface area (Å²) in [4.78, 5) is 11.3. The number of aromatic nitrogens is 2. The first-order valence-corrected chi connectivity index (χ1v) is 9.98. The molecule has 0 aliphatic rings. The van der Waals surface area contributed by atoms with Crippen LogP contribution in [0.3, 0.4) is 0 Å². The number of hydrogen-bond acceptors (Lipinski definition) is 6. The molecule has 3 rings (SSSR count). The molecule has 6 nitrogen and oxygen atoms in total. The van der Waals surface area contributed by atoms with Gasteiger partial charge in [-0.25, -0.2) is 0 Å². The van der Waals surface area contributed by atoms with Crippen molar-refractivity contribution in [2.45, 2.75) is 5.75 Å². The minimum Gasteiger partial charge on any atom is -0.493 e. The van der Waals surface area contributed by atoms with E-state index in [0.717, 1.165) is 17.1 Å². The van der Waals surface area contributed by atoms with Crippen LogP contribution in [0.2, 0.25) is 0 Å². The van der Waals surface area contributed by atoms with Crippen LogP contribution in [0.25, 0.3) is 11.5 Å². The van der Waals surface area contributed by atoms with Crippen LogP contribution < -0.4 is 10.1 Å². The fourth-order valence-corrected chi connectivity index (χ4v) is 2.92. The van der Waals surface area contributed by atoms with E-state index < -0.39 is 0 Å². The van der Waals surface area contributed by atoms with Crippen LogP contribution in [0.1, 0.15) is 5.89 Å². The molecule has 0 bridgehead atoms. The molecule has 1 N–H and O–H groups in total. The molecule has 0 aliphatic heterocycles. The molecule has 0 unspecified atom stereocenters. The SMILES string of the molecule is O=C(CCl)Nc1ccc(-c2nnc(CSCCOc3ccccc3)o2)cc1. The van der Waals surface area contributed by atoms with Crippen LogP contribution in [0.5, 0.6) is 5.75 Å². The van der Waals surface area contributed by atoms with Crippen molar-refractivity contribution in [3.05, 3.63) is 60.5 Å². The summed E-state index contributed by atoms with van der Waals surface area (Å²) in [6.45, 7) is 0.616. The number of anilines is 1. The molecule has 0 aliphatic carbocycles. The largest absolute Gasteiger partial charge is 0.493 e. The molecule has 1 amide bonds. The van der Waals surface area contributed by atoms with Crippen LogP contribution in [-0.4, -0.2) is 34.3 Å². The van der Waals surface area contributed by atoms with Gasteiger partial charge in [0.1, 0.15) is 11.6 Å². The van der Waals surface area contributed by atoms with Crippen molar-refractivity contribution >= 4 is 35.0 Å². The van der Waals surface area contributed by atoms with E-state index in [2.05, 4.69) is 15.5 Å². The first-order valence-electron chi connectivity index (χ1n) is 8.29. The molecule has 2 aromatic carbocycles. The highest BCUT2D eigenvalue weighted by atomic mass is 35.5. The van der Waals surface area contributed by atoms with Crippen LogP contribution in [0.4, 0.5) is 5.69 Å². The van der Waals surface area contributed by atoms with E-state index in [1.165, 1.54) is 0 Å². The molecular formula is C19H18ClN3O3S. The minimum atomic E-state index is -0.252. The molecular weight excluding hydrogens is 386 g/mol. The van der Waals surface area contributed by atoms with Gasteiger partial charge in [-0.15, -0.1) is 33.6 Å². The molecule has 8 heteroatoms. The standard InChI is InChI=1S/C19H18ClN3O3S/c20-12-17(24)21-15-8-6-14(7-9-15)19-23-22-18(26-19)13-27-11-10-25-16-4-2-1-3-5-16/h1-9H,10-13H2,(H,21,24). The lowest BCUT2D eigenvalue weighted by molar-refractivity contribution is -0.113. The number of carbonyl (C=O) groups is 1. The van der Waals surface area contributed by atoms with Crippen molar-refractivity contribution in [2.75, 3.05) is 23.6 Å². The average Bonchev–Trinajstić information content (AvgIpc) is 3.18. The second-order valence-corrected chi connectivity index (χ2v) is 6.85. The number of thioether (sulfide) groups is 1. The average molecular weight is 404 g/mol. The lowest BCUT2D eigenvalue weighted by Gasteiger charge is -2.04. The predicted molar refractivity (Wildman–Crippen MR) is 107 cm³/mol. The third kappa shape index (κ3) is 6.01. The van der Waals surface area contributed by atoms with Crippen LogP contribution in [0.15, 0.2) is 59.0 Å². The monoisotopic (exact) mass is 403 g/mol. The zero-order valence-electron chi connectivity index (χ0n) is 14.4. The number of nitrogens with one attached hydrogen (secondary N) is 1. The van der Waals surface area contributed by atoms with Crippen LogP contribution in [0, 0.1) is 0 Å². The fourth-order valence-electron chi connectivity index (χ4n) is 2.21. The van der Waals surface area contributed by atoms with Gasteiger partial charge in [-0.1, -0.05) is 18.2 Å². The van der Waals surface area contributed by atoms with Crippen molar-refractivity contribution in [3.8, 4) is 17.2 Å². The summed E-state index contributed by atoms with van der Waals surface area (Å²) in [6.07, 6.45) is 0. The maximum Gasteiger partial charge on any atom is 0.247 e. The van der Waals surface area contributed by atoms with E-state index in [-0.39, 0.29) is 11.8 Å². The van der Waals surface area contributed by atoms with Gasteiger partial charge in [-0.05, 0) is 36.4 Å². The number of amides is 1. The Hall–Kier alpha value is -2.51. The van der Waals surface area contributed by atoms with Gasteiger partial charge < -0.3 is 14.5 Å². The maximum absolute atomic E-state index is 11.3. The Kier molecular flexibility index (Phi) is 7.12. The summed E-state index contributed by atoms with van der Waals surface area (Å²) in [6, 6.07) is 16.9. The second kappa shape index (κ2) is 9.99. The lowest BCUT2D eigenvalue weighted by atomic mass is 10.2. The molecule has 0 fully saturated rings. The highest BCUT2D eigenvalue weighted by Gasteiger charge is 2.09. The first-order chi connectivity index (χ1) is 13.2. The highest BCUT2D eigenvalue weighted by molar-refractivity contribution is 7.98. The molecule has 140 valence electrons. The Bertz CT molecular complexity index is 856. The fraction of sp³-hybridized carbons (Fsp3) is 0.211. The summed E-state index contributed by atoms with van der Waals surface area (Å²) in [7, 11) is 0. The molecule has 27 heavy (non-hydrogen) atoms. The lowest BCUT2D eigenvalue weighted by Crippen LogP contribution is -2.12. The highest BCUT2D eigenvalue weighted by Crippen LogP contribution is 2.22. The molecule has 1 heterocycles. The van der Waals surface area contributed by atoms with E-state index >= 15 is 0 Å². The Morgan fingerprint density at radius 3 is 2.63 bits per heavy atom. The molecule has 1 aromatic heterocycles. The summed E-state index contributed by atoms with van der Waals surface area (Å²) >= 11 is 7.13. The van der Waals surface area contributed by atoms with Crippen molar-refractivity contribution in [1.29, 1.82) is 0 Å². The van der Waals surface area contributed by atoms with Gasteiger partial charge in [0.15, 0.2) is 0 Å². The zero-order valence-corrected chi connectivity index (χ0v) is 16.0. The Balaban J connectivity index is 1.44. The quantitative estimate of drug-likeness (QED) is 0.425. The van der Waals surface area contributed by atoms with Gasteiger partial charge in [0.05, 0.1) is 12.4 Å². The number of nitrogens with zero attached hydrogens (tertiary/aromatic N) is 2. The van der Waals surface area contributed by atoms with E-state index in [4.69, 9.17) is 20.8 Å². The van der Waals surface area contributed by atoms with Crippen LogP contribution >= 0.6 is 23.4 Å². The third-order valence-electron chi connectivity index (χ3n) is 3.47. The van der Waals surface area contributed by atoms with Crippen molar-refractivity contribution in [2.24, 2.45) is 0 Å². The van der Waals surface area contributed by atoms with Gasteiger partial charge in [-0.3, -0.25) is 4.79 Å². The summed E-state index contributed by atoms with van der Waals surface area (Å²) in [5.74, 6) is 2.98. The summed E-state index contributed by atoms with van der Waals surface area (Å²) < 4.78 is 11.3. The Morgan fingerprint density at radius 2 is 1.89 bits per heavy atom. The second-order valence-electron chi connectivity index (χ2n) is 5.47. The van der Waals surface area contributed by atoms with Gasteiger partial charge in [0.25, 0.3) is 0 Å². The number of rotatable bonds is 9. The maximum atomic E-state index is 11.3. The van der Waals surface area contributed by atoms with E-state index in [1.54, 1.807) is 23.9 Å². The number of ether oxygens (including phenoxy) is 1. The molecule has 0 atom stereocenters. The van der Waals surface area contributed by atoms with Crippen molar-refractivity contribution in [3.63, 3.8) is 0 Å². The third-order valence-corrected chi connectivity index (χ3v) is 4.62. The zero-order chi connectivity index (χ0) is 18.9. The molecule has 0 saturated carbocycles. The topological polar surface area (TPSA) is 77.2 Å². The van der Waals surface area contributed by atoms with Crippen molar-refractivity contribution < 1.29 is 13.9 Å². The number of halogens is 1. The molecule has 0 saturated heterocycles. The molecule has 0 radical (unpaired) electrons. The number of para-hydroxylation sites is 1. The summed E-state index contributed by atoms with van der Waals surface area (Å²) in [5.41, 5.74) is 1.45. The number of alkyl halides is 1. The molecule has 0 spiro atoms. The van der Waals surface area contributed by atoms with Gasteiger partial charge in [-0.2, -0.15) is 0 Å². The Morgan fingerprint density at radius 1 is 1.11 bits per heavy atom. The van der Waals surface area contributed by atoms with Crippen LogP contribution in [-0.2, 0) is 10.5 Å². The Labute approximate surface area is 166 Å². The van der Waals surface area contributed by atoms with Crippen molar-refractivity contribution in [1.82, 2.24) is 10.2 Å². The first kappa shape index (κ1) is 19.3. The van der Waals surface area contributed by atoms with E-state index in [1.807, 2.05) is 42.5 Å².